The van der Waals surface area contributed by atoms with Crippen LogP contribution in [0.3, 0.4) is 0 Å². The van der Waals surface area contributed by atoms with Gasteiger partial charge >= 0.3 is 0 Å². The minimum atomic E-state index is -3.61. The largest absolute Gasteiger partial charge is 0.496 e. The van der Waals surface area contributed by atoms with Crippen LogP contribution < -0.4 is 4.74 Å². The Morgan fingerprint density at radius 3 is 2.36 bits per heavy atom. The molecular formula is C18H15Cl2NO3S. The summed E-state index contributed by atoms with van der Waals surface area (Å²) in [7, 11) is -2.12. The minimum Gasteiger partial charge on any atom is -0.496 e. The zero-order chi connectivity index (χ0) is 18.6. The molecule has 0 unspecified atom stereocenters. The molecule has 0 atom stereocenters. The van der Waals surface area contributed by atoms with Gasteiger partial charge in [0, 0.05) is 11.8 Å². The number of hydrogen-bond acceptors (Lipinski definition) is 4. The molecule has 0 fully saturated rings. The normalized spacial score (nSPS) is 11.9. The van der Waals surface area contributed by atoms with Crippen molar-refractivity contribution in [3.05, 3.63) is 68.0 Å². The first-order valence-electron chi connectivity index (χ1n) is 7.17. The lowest BCUT2D eigenvalue weighted by molar-refractivity contribution is 0.413. The van der Waals surface area contributed by atoms with Gasteiger partial charge in [-0.3, -0.25) is 0 Å². The summed E-state index contributed by atoms with van der Waals surface area (Å²) in [5.41, 5.74) is 2.39. The molecule has 0 heterocycles. The topological polar surface area (TPSA) is 67.2 Å². The first kappa shape index (κ1) is 19.3. The molecule has 0 spiro atoms. The molecule has 0 amide bonds. The molecule has 130 valence electrons. The lowest BCUT2D eigenvalue weighted by Crippen LogP contribution is -1.99. The van der Waals surface area contributed by atoms with Crippen molar-refractivity contribution in [1.29, 1.82) is 5.26 Å². The molecule has 0 N–H and O–H groups in total. The lowest BCUT2D eigenvalue weighted by atomic mass is 10.0. The van der Waals surface area contributed by atoms with Gasteiger partial charge < -0.3 is 4.74 Å². The summed E-state index contributed by atoms with van der Waals surface area (Å²) in [4.78, 5) is -0.322. The van der Waals surface area contributed by atoms with Crippen molar-refractivity contribution >= 4 is 39.1 Å². The number of ether oxygens (including phenoxy) is 1. The van der Waals surface area contributed by atoms with Crippen LogP contribution in [-0.4, -0.2) is 21.8 Å². The standard InChI is InChI=1S/C18H15Cl2NO3S/c1-24-18-6-4-12(7-13-3-5-16(19)17(20)9-13)8-14(18)10-15(11-21)25(2,22)23/h3-6,8-10H,7H2,1-2H3/b15-10+. The molecule has 0 aliphatic heterocycles. The summed E-state index contributed by atoms with van der Waals surface area (Å²) in [5.74, 6) is 0.481. The highest BCUT2D eigenvalue weighted by Crippen LogP contribution is 2.27. The number of methoxy groups -OCH3 is 1. The summed E-state index contributed by atoms with van der Waals surface area (Å²) in [6, 6.07) is 12.5. The molecule has 0 saturated heterocycles. The van der Waals surface area contributed by atoms with Crippen LogP contribution in [0.25, 0.3) is 6.08 Å². The molecule has 0 aliphatic carbocycles. The van der Waals surface area contributed by atoms with Gasteiger partial charge in [-0.25, -0.2) is 8.42 Å². The van der Waals surface area contributed by atoms with E-state index in [0.717, 1.165) is 17.4 Å². The first-order valence-corrected chi connectivity index (χ1v) is 9.82. The number of benzene rings is 2. The molecule has 4 nitrogen and oxygen atoms in total. The number of sulfone groups is 1. The van der Waals surface area contributed by atoms with E-state index in [2.05, 4.69) is 0 Å². The zero-order valence-electron chi connectivity index (χ0n) is 13.6. The Morgan fingerprint density at radius 2 is 1.80 bits per heavy atom. The fraction of sp³-hybridized carbons (Fsp3) is 0.167. The Balaban J connectivity index is 2.45. The van der Waals surface area contributed by atoms with E-state index >= 15 is 0 Å². The first-order chi connectivity index (χ1) is 11.7. The van der Waals surface area contributed by atoms with E-state index in [1.54, 1.807) is 30.3 Å². The fourth-order valence-electron chi connectivity index (χ4n) is 2.26. The van der Waals surface area contributed by atoms with E-state index in [9.17, 15) is 8.42 Å². The SMILES string of the molecule is COc1ccc(Cc2ccc(Cl)c(Cl)c2)cc1/C=C(\C#N)S(C)(=O)=O. The summed E-state index contributed by atoms with van der Waals surface area (Å²) >= 11 is 12.0. The van der Waals surface area contributed by atoms with Crippen LogP contribution in [0.5, 0.6) is 5.75 Å². The van der Waals surface area contributed by atoms with Gasteiger partial charge in [0.2, 0.25) is 0 Å². The van der Waals surface area contributed by atoms with Gasteiger partial charge in [0.15, 0.2) is 9.84 Å². The number of halogens is 2. The van der Waals surface area contributed by atoms with Crippen molar-refractivity contribution in [3.8, 4) is 11.8 Å². The van der Waals surface area contributed by atoms with Crippen LogP contribution in [0, 0.1) is 11.3 Å². The summed E-state index contributed by atoms with van der Waals surface area (Å²) < 4.78 is 28.6. The van der Waals surface area contributed by atoms with E-state index in [-0.39, 0.29) is 4.91 Å². The quantitative estimate of drug-likeness (QED) is 0.698. The van der Waals surface area contributed by atoms with Gasteiger partial charge in [-0.15, -0.1) is 0 Å². The average Bonchev–Trinajstić information content (AvgIpc) is 2.55. The third kappa shape index (κ3) is 4.99. The molecule has 0 radical (unpaired) electrons. The maximum atomic E-state index is 11.7. The predicted molar refractivity (Wildman–Crippen MR) is 101 cm³/mol. The molecule has 2 aromatic carbocycles. The number of nitrogens with zero attached hydrogens (tertiary/aromatic N) is 1. The monoisotopic (exact) mass is 395 g/mol. The van der Waals surface area contributed by atoms with E-state index in [1.165, 1.54) is 13.2 Å². The molecule has 25 heavy (non-hydrogen) atoms. The molecular weight excluding hydrogens is 381 g/mol. The molecule has 0 bridgehead atoms. The maximum absolute atomic E-state index is 11.7. The van der Waals surface area contributed by atoms with Gasteiger partial charge in [0.05, 0.1) is 17.2 Å². The summed E-state index contributed by atoms with van der Waals surface area (Å²) in [5, 5.41) is 10.0. The van der Waals surface area contributed by atoms with Crippen LogP contribution in [0.2, 0.25) is 10.0 Å². The highest BCUT2D eigenvalue weighted by atomic mass is 35.5. The molecule has 2 aromatic rings. The van der Waals surface area contributed by atoms with E-state index in [1.807, 2.05) is 12.1 Å². The second-order valence-corrected chi connectivity index (χ2v) is 8.19. The highest BCUT2D eigenvalue weighted by molar-refractivity contribution is 7.95. The van der Waals surface area contributed by atoms with Crippen molar-refractivity contribution < 1.29 is 13.2 Å². The summed E-state index contributed by atoms with van der Waals surface area (Å²) in [6.45, 7) is 0. The van der Waals surface area contributed by atoms with Crippen molar-refractivity contribution in [3.63, 3.8) is 0 Å². The number of hydrogen-bond donors (Lipinski definition) is 0. The molecule has 0 aromatic heterocycles. The highest BCUT2D eigenvalue weighted by Gasteiger charge is 2.13. The molecule has 0 saturated carbocycles. The predicted octanol–water partition coefficient (Wildman–Crippen LogP) is 4.50. The third-order valence-corrected chi connectivity index (χ3v) is 5.23. The fourth-order valence-corrected chi connectivity index (χ4v) is 3.08. The van der Waals surface area contributed by atoms with Crippen LogP contribution in [0.4, 0.5) is 0 Å². The van der Waals surface area contributed by atoms with Gasteiger partial charge in [-0.05, 0) is 47.9 Å². The van der Waals surface area contributed by atoms with Crippen molar-refractivity contribution in [1.82, 2.24) is 0 Å². The molecule has 2 rings (SSSR count). The van der Waals surface area contributed by atoms with Crippen molar-refractivity contribution in [2.24, 2.45) is 0 Å². The Labute approximate surface area is 157 Å². The van der Waals surface area contributed by atoms with E-state index < -0.39 is 9.84 Å². The summed E-state index contributed by atoms with van der Waals surface area (Å²) in [6.07, 6.45) is 2.88. The van der Waals surface area contributed by atoms with Gasteiger partial charge in [0.1, 0.15) is 16.7 Å². The Kier molecular flexibility index (Phi) is 6.12. The maximum Gasteiger partial charge on any atom is 0.185 e. The van der Waals surface area contributed by atoms with Crippen LogP contribution in [0.1, 0.15) is 16.7 Å². The Bertz CT molecular complexity index is 976. The second kappa shape index (κ2) is 7.92. The Morgan fingerprint density at radius 1 is 1.16 bits per heavy atom. The van der Waals surface area contributed by atoms with Crippen LogP contribution in [0.15, 0.2) is 41.3 Å². The number of allylic oxidation sites excluding steroid dienone is 1. The lowest BCUT2D eigenvalue weighted by Gasteiger charge is -2.09. The van der Waals surface area contributed by atoms with Gasteiger partial charge in [-0.2, -0.15) is 5.26 Å². The third-order valence-electron chi connectivity index (χ3n) is 3.48. The number of rotatable bonds is 5. The number of nitriles is 1. The second-order valence-electron chi connectivity index (χ2n) is 5.39. The average molecular weight is 396 g/mol. The van der Waals surface area contributed by atoms with Gasteiger partial charge in [-0.1, -0.05) is 35.3 Å². The van der Waals surface area contributed by atoms with Crippen molar-refractivity contribution in [2.75, 3.05) is 13.4 Å². The van der Waals surface area contributed by atoms with Gasteiger partial charge in [0.25, 0.3) is 0 Å². The zero-order valence-corrected chi connectivity index (χ0v) is 15.9. The van der Waals surface area contributed by atoms with Crippen LogP contribution >= 0.6 is 23.2 Å². The van der Waals surface area contributed by atoms with Crippen molar-refractivity contribution in [2.45, 2.75) is 6.42 Å². The minimum absolute atomic E-state index is 0.322. The smallest absolute Gasteiger partial charge is 0.185 e. The van der Waals surface area contributed by atoms with E-state index in [0.29, 0.717) is 27.8 Å². The van der Waals surface area contributed by atoms with Crippen LogP contribution in [-0.2, 0) is 16.3 Å². The molecule has 7 heteroatoms. The molecule has 0 aliphatic rings. The van der Waals surface area contributed by atoms with E-state index in [4.69, 9.17) is 33.2 Å². The Hall–Kier alpha value is -2.00.